The van der Waals surface area contributed by atoms with Gasteiger partial charge in [-0.1, -0.05) is 151 Å². The molecule has 0 aliphatic carbocycles. The fourth-order valence-corrected chi connectivity index (χ4v) is 10.4. The average Bonchev–Trinajstić information content (AvgIpc) is 2.91. The number of methoxy groups -OCH3 is 1. The maximum absolute atomic E-state index is 11.3. The number of esters is 1. The maximum Gasteiger partial charge on any atom is 0.305 e. The molecule has 2 rings (SSSR count). The van der Waals surface area contributed by atoms with Crippen molar-refractivity contribution in [1.82, 2.24) is 0 Å². The van der Waals surface area contributed by atoms with Gasteiger partial charge in [-0.25, -0.2) is 0 Å². The molecule has 4 heteroatoms. The van der Waals surface area contributed by atoms with E-state index in [1.807, 2.05) is 0 Å². The molecular formula is C31H47ClO2Si. The molecular weight excluding hydrogens is 468 g/mol. The second-order valence-corrected chi connectivity index (χ2v) is 15.1. The van der Waals surface area contributed by atoms with Crippen LogP contribution in [0.15, 0.2) is 60.7 Å². The molecule has 0 spiro atoms. The van der Waals surface area contributed by atoms with Crippen LogP contribution in [0.3, 0.4) is 0 Å². The number of halogens is 1. The van der Waals surface area contributed by atoms with Crippen molar-refractivity contribution in [3.8, 4) is 0 Å². The topological polar surface area (TPSA) is 26.3 Å². The first-order valence-corrected chi connectivity index (χ1v) is 17.1. The van der Waals surface area contributed by atoms with Crippen LogP contribution in [0.5, 0.6) is 0 Å². The summed E-state index contributed by atoms with van der Waals surface area (Å²) in [5.74, 6) is -0.0900. The van der Waals surface area contributed by atoms with Crippen molar-refractivity contribution in [2.24, 2.45) is 0 Å². The summed E-state index contributed by atoms with van der Waals surface area (Å²) < 4.78 is 4.74. The lowest BCUT2D eigenvalue weighted by Gasteiger charge is -2.35. The molecule has 0 saturated carbocycles. The van der Waals surface area contributed by atoms with Crippen LogP contribution in [0.25, 0.3) is 0 Å². The summed E-state index contributed by atoms with van der Waals surface area (Å²) in [7, 11) is -0.916. The number of unbranched alkanes of at least 4 members (excludes halogenated alkanes) is 10. The number of rotatable bonds is 19. The Balaban J connectivity index is 2.02. The average molecular weight is 515 g/mol. The summed E-state index contributed by atoms with van der Waals surface area (Å²) in [6, 6.07) is 21.9. The molecule has 0 aliphatic rings. The number of carbonyl (C=O) groups excluding carboxylic acids is 1. The van der Waals surface area contributed by atoms with Crippen molar-refractivity contribution in [3.05, 3.63) is 60.7 Å². The first kappa shape index (κ1) is 29.6. The van der Waals surface area contributed by atoms with Crippen molar-refractivity contribution in [2.45, 2.75) is 109 Å². The monoisotopic (exact) mass is 514 g/mol. The van der Waals surface area contributed by atoms with E-state index in [2.05, 4.69) is 67.6 Å². The lowest BCUT2D eigenvalue weighted by molar-refractivity contribution is -0.140. The van der Waals surface area contributed by atoms with E-state index in [1.54, 1.807) is 0 Å². The Morgan fingerprint density at radius 2 is 1.14 bits per heavy atom. The normalized spacial score (nSPS) is 12.4. The molecule has 2 aromatic carbocycles. The summed E-state index contributed by atoms with van der Waals surface area (Å²) in [4.78, 5) is 11.3. The van der Waals surface area contributed by atoms with Crippen molar-refractivity contribution in [2.75, 3.05) is 7.11 Å². The highest BCUT2D eigenvalue weighted by Crippen LogP contribution is 2.36. The summed E-state index contributed by atoms with van der Waals surface area (Å²) in [5.41, 5.74) is 0.541. The minimum atomic E-state index is -2.38. The van der Waals surface area contributed by atoms with Crippen LogP contribution in [0.4, 0.5) is 0 Å². The molecule has 1 atom stereocenters. The third-order valence-electron chi connectivity index (χ3n) is 7.27. The van der Waals surface area contributed by atoms with Crippen LogP contribution in [0, 0.1) is 0 Å². The van der Waals surface area contributed by atoms with Crippen molar-refractivity contribution in [1.29, 1.82) is 0 Å². The number of hydrogen-bond donors (Lipinski definition) is 0. The number of benzene rings is 2. The lowest BCUT2D eigenvalue weighted by Crippen LogP contribution is -2.57. The van der Waals surface area contributed by atoms with E-state index >= 15 is 0 Å². The minimum absolute atomic E-state index is 0.0900. The van der Waals surface area contributed by atoms with Gasteiger partial charge < -0.3 is 4.74 Å². The third-order valence-corrected chi connectivity index (χ3v) is 13.6. The molecule has 0 radical (unpaired) electrons. The van der Waals surface area contributed by atoms with Crippen LogP contribution < -0.4 is 10.4 Å². The van der Waals surface area contributed by atoms with Gasteiger partial charge in [0.1, 0.15) is 0 Å². The van der Waals surface area contributed by atoms with Gasteiger partial charge >= 0.3 is 5.97 Å². The van der Waals surface area contributed by atoms with Crippen LogP contribution >= 0.6 is 11.1 Å². The smallest absolute Gasteiger partial charge is 0.305 e. The third kappa shape index (κ3) is 10.5. The molecule has 35 heavy (non-hydrogen) atoms. The molecule has 0 amide bonds. The summed E-state index contributed by atoms with van der Waals surface area (Å²) in [6.45, 7) is 2.28. The second kappa shape index (κ2) is 17.8. The Morgan fingerprint density at radius 1 is 0.714 bits per heavy atom. The first-order valence-electron chi connectivity index (χ1n) is 14.0. The highest BCUT2D eigenvalue weighted by molar-refractivity contribution is 7.34. The van der Waals surface area contributed by atoms with Gasteiger partial charge in [-0.3, -0.25) is 4.79 Å². The molecule has 0 aliphatic heterocycles. The Morgan fingerprint density at radius 3 is 1.60 bits per heavy atom. The van der Waals surface area contributed by atoms with Gasteiger partial charge in [-0.2, -0.15) is 11.1 Å². The van der Waals surface area contributed by atoms with Crippen LogP contribution in [0.1, 0.15) is 103 Å². The highest BCUT2D eigenvalue weighted by atomic mass is 35.6. The maximum atomic E-state index is 11.3. The molecule has 0 aromatic heterocycles. The van der Waals surface area contributed by atoms with E-state index in [1.165, 1.54) is 94.5 Å². The minimum Gasteiger partial charge on any atom is -0.469 e. The van der Waals surface area contributed by atoms with E-state index in [0.29, 0.717) is 12.0 Å². The Hall–Kier alpha value is -1.58. The van der Waals surface area contributed by atoms with Crippen LogP contribution in [-0.4, -0.2) is 20.5 Å². The van der Waals surface area contributed by atoms with Crippen molar-refractivity contribution >= 4 is 34.8 Å². The number of carbonyl (C=O) groups is 1. The highest BCUT2D eigenvalue weighted by Gasteiger charge is 2.42. The molecule has 2 aromatic rings. The van der Waals surface area contributed by atoms with Crippen LogP contribution in [-0.2, 0) is 9.53 Å². The Kier molecular flexibility index (Phi) is 15.1. The summed E-state index contributed by atoms with van der Waals surface area (Å²) >= 11 is 7.84. The van der Waals surface area contributed by atoms with Gasteiger partial charge in [-0.15, -0.1) is 0 Å². The first-order chi connectivity index (χ1) is 17.1. The van der Waals surface area contributed by atoms with E-state index in [9.17, 15) is 4.79 Å². The molecule has 0 saturated heterocycles. The molecule has 0 heterocycles. The van der Waals surface area contributed by atoms with E-state index in [0.717, 1.165) is 12.8 Å². The van der Waals surface area contributed by atoms with E-state index < -0.39 is 7.38 Å². The molecule has 1 unspecified atom stereocenters. The predicted molar refractivity (Wildman–Crippen MR) is 154 cm³/mol. The fraction of sp³-hybridized carbons (Fsp3) is 0.581. The van der Waals surface area contributed by atoms with Gasteiger partial charge in [0, 0.05) is 6.42 Å². The van der Waals surface area contributed by atoms with Gasteiger partial charge in [0.05, 0.1) is 7.11 Å². The van der Waals surface area contributed by atoms with Gasteiger partial charge in [0.15, 0.2) is 0 Å². The quantitative estimate of drug-likeness (QED) is 0.0813. The zero-order valence-electron chi connectivity index (χ0n) is 22.2. The molecule has 0 N–H and O–H groups in total. The molecule has 194 valence electrons. The van der Waals surface area contributed by atoms with Gasteiger partial charge in [-0.05, 0) is 22.3 Å². The predicted octanol–water partition coefficient (Wildman–Crippen LogP) is 8.40. The van der Waals surface area contributed by atoms with E-state index in [4.69, 9.17) is 15.8 Å². The number of ether oxygens (including phenoxy) is 1. The fourth-order valence-electron chi connectivity index (χ4n) is 5.18. The van der Waals surface area contributed by atoms with Gasteiger partial charge in [0.25, 0.3) is 0 Å². The zero-order valence-corrected chi connectivity index (χ0v) is 23.9. The standard InChI is InChI=1S/C31H47ClO2Si/c1-3-4-5-6-9-14-21-28(22-15-10-7-8-11-20-27-31(33)34-2)35(32,29-23-16-12-17-24-29)30-25-18-13-19-26-30/h12-13,16-19,23-26,28H,3-11,14-15,20-22,27H2,1-2H3. The lowest BCUT2D eigenvalue weighted by atomic mass is 10.0. The van der Waals surface area contributed by atoms with Gasteiger partial charge in [0.2, 0.25) is 7.38 Å². The Bertz CT molecular complexity index is 757. The van der Waals surface area contributed by atoms with Crippen molar-refractivity contribution < 1.29 is 9.53 Å². The second-order valence-electron chi connectivity index (χ2n) is 9.93. The molecule has 2 nitrogen and oxygen atoms in total. The molecule has 0 fully saturated rings. The van der Waals surface area contributed by atoms with Crippen molar-refractivity contribution in [3.63, 3.8) is 0 Å². The summed E-state index contributed by atoms with van der Waals surface area (Å²) in [6.07, 6.45) is 17.9. The molecule has 0 bridgehead atoms. The number of hydrogen-bond acceptors (Lipinski definition) is 2. The summed E-state index contributed by atoms with van der Waals surface area (Å²) in [5, 5.41) is 2.71. The van der Waals surface area contributed by atoms with E-state index in [-0.39, 0.29) is 5.97 Å². The SMILES string of the molecule is CCCCCCCCC(CCCCCCCCC(=O)OC)[Si](Cl)(c1ccccc1)c1ccccc1. The van der Waals surface area contributed by atoms with Crippen LogP contribution in [0.2, 0.25) is 5.54 Å². The zero-order chi connectivity index (χ0) is 25.2. The Labute approximate surface area is 220 Å². The largest absolute Gasteiger partial charge is 0.469 e.